The lowest BCUT2D eigenvalue weighted by atomic mass is 10.1. The Labute approximate surface area is 186 Å². The zero-order valence-corrected chi connectivity index (χ0v) is 19.7. The number of hydrogen-bond donors (Lipinski definition) is 1. The molecule has 2 aromatic carbocycles. The summed E-state index contributed by atoms with van der Waals surface area (Å²) < 4.78 is 5.88. The molecule has 0 aliphatic heterocycles. The first kappa shape index (κ1) is 24.4. The van der Waals surface area contributed by atoms with Crippen LogP contribution in [0.4, 0.5) is 0 Å². The Bertz CT molecular complexity index is 892. The minimum atomic E-state index is -0.548. The molecule has 1 unspecified atom stereocenters. The molecule has 0 aromatic heterocycles. The Balaban J connectivity index is 2.24. The minimum Gasteiger partial charge on any atom is -0.483 e. The lowest BCUT2D eigenvalue weighted by molar-refractivity contribution is -0.143. The third-order valence-corrected chi connectivity index (χ3v) is 5.58. The third-order valence-electron chi connectivity index (χ3n) is 5.58. The number of carbonyl (C=O) groups is 2. The van der Waals surface area contributed by atoms with Crippen LogP contribution in [-0.4, -0.2) is 35.9 Å². The van der Waals surface area contributed by atoms with Crippen LogP contribution in [0.3, 0.4) is 0 Å². The summed E-state index contributed by atoms with van der Waals surface area (Å²) in [6, 6.07) is 13.2. The molecule has 2 rings (SSSR count). The van der Waals surface area contributed by atoms with Crippen molar-refractivity contribution in [1.82, 2.24) is 10.2 Å². The van der Waals surface area contributed by atoms with E-state index in [-0.39, 0.29) is 18.4 Å². The van der Waals surface area contributed by atoms with Gasteiger partial charge in [0.2, 0.25) is 5.91 Å². The van der Waals surface area contributed by atoms with E-state index < -0.39 is 6.04 Å². The van der Waals surface area contributed by atoms with E-state index >= 15 is 0 Å². The van der Waals surface area contributed by atoms with E-state index in [0.29, 0.717) is 31.2 Å². The Morgan fingerprint density at radius 1 is 1.00 bits per heavy atom. The van der Waals surface area contributed by atoms with Crippen molar-refractivity contribution < 1.29 is 14.3 Å². The topological polar surface area (TPSA) is 58.6 Å². The molecule has 0 bridgehead atoms. The van der Waals surface area contributed by atoms with Crippen molar-refractivity contribution in [3.05, 3.63) is 64.7 Å². The van der Waals surface area contributed by atoms with Crippen molar-refractivity contribution in [3.63, 3.8) is 0 Å². The van der Waals surface area contributed by atoms with Crippen molar-refractivity contribution in [2.75, 3.05) is 13.2 Å². The normalized spacial score (nSPS) is 11.8. The predicted molar refractivity (Wildman–Crippen MR) is 125 cm³/mol. The van der Waals surface area contributed by atoms with Gasteiger partial charge in [0.15, 0.2) is 6.61 Å². The van der Waals surface area contributed by atoms with Crippen LogP contribution in [0.5, 0.6) is 5.75 Å². The van der Waals surface area contributed by atoms with Crippen molar-refractivity contribution in [2.45, 2.75) is 60.5 Å². The molecule has 0 aliphatic carbocycles. The maximum absolute atomic E-state index is 13.3. The molecule has 5 nitrogen and oxygen atoms in total. The number of hydrogen-bond acceptors (Lipinski definition) is 3. The molecular weight excluding hydrogens is 388 g/mol. The van der Waals surface area contributed by atoms with Crippen LogP contribution >= 0.6 is 0 Å². The second-order valence-corrected chi connectivity index (χ2v) is 8.50. The summed E-state index contributed by atoms with van der Waals surface area (Å²) in [6.07, 6.45) is 0.533. The highest BCUT2D eigenvalue weighted by Crippen LogP contribution is 2.21. The first-order valence-corrected chi connectivity index (χ1v) is 11.0. The molecule has 0 aliphatic rings. The average Bonchev–Trinajstić information content (AvgIpc) is 2.74. The van der Waals surface area contributed by atoms with Crippen LogP contribution in [0.2, 0.25) is 0 Å². The number of rotatable bonds is 10. The van der Waals surface area contributed by atoms with Gasteiger partial charge in [-0.05, 0) is 61.4 Å². The van der Waals surface area contributed by atoms with Gasteiger partial charge in [-0.2, -0.15) is 0 Å². The highest BCUT2D eigenvalue weighted by Gasteiger charge is 2.29. The van der Waals surface area contributed by atoms with E-state index in [4.69, 9.17) is 4.74 Å². The maximum Gasteiger partial charge on any atom is 0.261 e. The monoisotopic (exact) mass is 424 g/mol. The van der Waals surface area contributed by atoms with Crippen molar-refractivity contribution in [1.29, 1.82) is 0 Å². The predicted octanol–water partition coefficient (Wildman–Crippen LogP) is 4.57. The summed E-state index contributed by atoms with van der Waals surface area (Å²) in [5.41, 5.74) is 4.24. The van der Waals surface area contributed by atoms with E-state index in [2.05, 4.69) is 19.2 Å². The van der Waals surface area contributed by atoms with Crippen LogP contribution in [0.1, 0.15) is 49.4 Å². The number of carbonyl (C=O) groups excluding carboxylic acids is 2. The molecule has 0 fully saturated rings. The van der Waals surface area contributed by atoms with Gasteiger partial charge in [-0.25, -0.2) is 0 Å². The number of nitrogens with zero attached hydrogens (tertiary/aromatic N) is 1. The van der Waals surface area contributed by atoms with Gasteiger partial charge >= 0.3 is 0 Å². The molecule has 0 spiro atoms. The summed E-state index contributed by atoms with van der Waals surface area (Å²) in [5, 5.41) is 2.99. The summed E-state index contributed by atoms with van der Waals surface area (Å²) >= 11 is 0. The standard InChI is InChI=1S/C26H36N2O3/c1-7-23(26(30)27-15-18(2)3)28(16-22-13-9-8-11-20(22)5)25(29)17-31-24-14-10-12-19(4)21(24)6/h8-14,18,23H,7,15-17H2,1-6H3,(H,27,30). The first-order valence-electron chi connectivity index (χ1n) is 11.0. The Hall–Kier alpha value is -2.82. The van der Waals surface area contributed by atoms with Gasteiger partial charge in [-0.1, -0.05) is 57.2 Å². The number of benzene rings is 2. The van der Waals surface area contributed by atoms with Crippen molar-refractivity contribution >= 4 is 11.8 Å². The summed E-state index contributed by atoms with van der Waals surface area (Å²) in [6.45, 7) is 12.9. The molecule has 5 heteroatoms. The van der Waals surface area contributed by atoms with Crippen LogP contribution in [0.25, 0.3) is 0 Å². The van der Waals surface area contributed by atoms with Gasteiger partial charge < -0.3 is 15.0 Å². The van der Waals surface area contributed by atoms with E-state index in [1.165, 1.54) is 0 Å². The van der Waals surface area contributed by atoms with E-state index in [1.54, 1.807) is 4.90 Å². The quantitative estimate of drug-likeness (QED) is 0.608. The van der Waals surface area contributed by atoms with E-state index in [0.717, 1.165) is 22.3 Å². The molecule has 168 valence electrons. The van der Waals surface area contributed by atoms with Gasteiger partial charge in [0.1, 0.15) is 11.8 Å². The summed E-state index contributed by atoms with van der Waals surface area (Å²) in [4.78, 5) is 27.9. The van der Waals surface area contributed by atoms with Crippen LogP contribution in [0, 0.1) is 26.7 Å². The lowest BCUT2D eigenvalue weighted by Crippen LogP contribution is -2.50. The van der Waals surface area contributed by atoms with Gasteiger partial charge in [-0.15, -0.1) is 0 Å². The number of amides is 2. The van der Waals surface area contributed by atoms with Gasteiger partial charge in [0.25, 0.3) is 5.91 Å². The lowest BCUT2D eigenvalue weighted by Gasteiger charge is -2.31. The number of nitrogens with one attached hydrogen (secondary N) is 1. The van der Waals surface area contributed by atoms with Crippen LogP contribution in [0.15, 0.2) is 42.5 Å². The SMILES string of the molecule is CCC(C(=O)NCC(C)C)N(Cc1ccccc1C)C(=O)COc1cccc(C)c1C. The summed E-state index contributed by atoms with van der Waals surface area (Å²) in [5.74, 6) is 0.719. The molecule has 0 radical (unpaired) electrons. The van der Waals surface area contributed by atoms with Crippen LogP contribution < -0.4 is 10.1 Å². The highest BCUT2D eigenvalue weighted by atomic mass is 16.5. The number of ether oxygens (including phenoxy) is 1. The minimum absolute atomic E-state index is 0.107. The molecule has 0 saturated heterocycles. The summed E-state index contributed by atoms with van der Waals surface area (Å²) in [7, 11) is 0. The van der Waals surface area contributed by atoms with Gasteiger partial charge in [-0.3, -0.25) is 9.59 Å². The van der Waals surface area contributed by atoms with Gasteiger partial charge in [0.05, 0.1) is 0 Å². The second-order valence-electron chi connectivity index (χ2n) is 8.50. The fraction of sp³-hybridized carbons (Fsp3) is 0.462. The Morgan fingerprint density at radius 3 is 2.32 bits per heavy atom. The Morgan fingerprint density at radius 2 is 1.68 bits per heavy atom. The van der Waals surface area contributed by atoms with Gasteiger partial charge in [0, 0.05) is 13.1 Å². The molecule has 1 atom stereocenters. The molecule has 0 saturated carbocycles. The third kappa shape index (κ3) is 6.84. The largest absolute Gasteiger partial charge is 0.483 e. The molecular formula is C26H36N2O3. The molecule has 2 amide bonds. The molecule has 0 heterocycles. The zero-order valence-electron chi connectivity index (χ0n) is 19.7. The number of aryl methyl sites for hydroxylation is 2. The molecule has 2 aromatic rings. The molecule has 1 N–H and O–H groups in total. The fourth-order valence-corrected chi connectivity index (χ4v) is 3.42. The molecule has 31 heavy (non-hydrogen) atoms. The maximum atomic E-state index is 13.3. The Kier molecular flexibility index (Phi) is 9.10. The fourth-order valence-electron chi connectivity index (χ4n) is 3.42. The van der Waals surface area contributed by atoms with E-state index in [9.17, 15) is 9.59 Å². The van der Waals surface area contributed by atoms with Crippen molar-refractivity contribution in [2.24, 2.45) is 5.92 Å². The highest BCUT2D eigenvalue weighted by molar-refractivity contribution is 5.88. The average molecular weight is 425 g/mol. The van der Waals surface area contributed by atoms with Crippen LogP contribution in [-0.2, 0) is 16.1 Å². The zero-order chi connectivity index (χ0) is 23.0. The van der Waals surface area contributed by atoms with Crippen molar-refractivity contribution in [3.8, 4) is 5.75 Å². The van der Waals surface area contributed by atoms with E-state index in [1.807, 2.05) is 70.2 Å². The first-order chi connectivity index (χ1) is 14.7. The smallest absolute Gasteiger partial charge is 0.261 e. The second kappa shape index (κ2) is 11.5.